The summed E-state index contributed by atoms with van der Waals surface area (Å²) in [7, 11) is 1.69. The molecule has 2 rings (SSSR count). The number of aliphatic hydroxyl groups excluding tert-OH is 1. The normalized spacial score (nSPS) is 22.2. The van der Waals surface area contributed by atoms with Gasteiger partial charge in [-0.25, -0.2) is 4.79 Å². The zero-order valence-electron chi connectivity index (χ0n) is 11.7. The maximum Gasteiger partial charge on any atom is 0.326 e. The number of aryl methyl sites for hydroxylation is 2. The van der Waals surface area contributed by atoms with E-state index in [1.165, 1.54) is 16.8 Å². The summed E-state index contributed by atoms with van der Waals surface area (Å²) in [4.78, 5) is 24.3. The lowest BCUT2D eigenvalue weighted by Crippen LogP contribution is -2.39. The van der Waals surface area contributed by atoms with Crippen molar-refractivity contribution in [2.75, 3.05) is 6.54 Å². The standard InChI is InChI=1S/C13H16ClN3O4/c1-7-9(12(14)16(2)15-7)3-4-11(19)17-6-8(18)5-10(17)13(20)21/h3-4,8,10,18H,5-6H2,1-2H3,(H,20,21)/t8-,10+/m1/s1. The number of hydrogen-bond acceptors (Lipinski definition) is 4. The van der Waals surface area contributed by atoms with E-state index in [1.807, 2.05) is 0 Å². The Morgan fingerprint density at radius 3 is 2.67 bits per heavy atom. The van der Waals surface area contributed by atoms with E-state index < -0.39 is 24.0 Å². The number of hydrogen-bond donors (Lipinski definition) is 2. The summed E-state index contributed by atoms with van der Waals surface area (Å²) in [6.07, 6.45) is 1.99. The van der Waals surface area contributed by atoms with Crippen LogP contribution in [0.5, 0.6) is 0 Å². The van der Waals surface area contributed by atoms with Crippen LogP contribution in [0, 0.1) is 6.92 Å². The number of amides is 1. The number of nitrogens with zero attached hydrogens (tertiary/aromatic N) is 3. The SMILES string of the molecule is Cc1nn(C)c(Cl)c1C=CC(=O)N1C[C@H](O)C[C@H]1C(=O)O. The van der Waals surface area contributed by atoms with Crippen LogP contribution in [0.3, 0.4) is 0 Å². The zero-order chi connectivity index (χ0) is 15.7. The van der Waals surface area contributed by atoms with Crippen LogP contribution in [-0.4, -0.2) is 55.5 Å². The van der Waals surface area contributed by atoms with Crippen molar-refractivity contribution in [2.24, 2.45) is 7.05 Å². The van der Waals surface area contributed by atoms with E-state index in [0.29, 0.717) is 16.4 Å². The van der Waals surface area contributed by atoms with Gasteiger partial charge in [-0.2, -0.15) is 5.10 Å². The third-order valence-electron chi connectivity index (χ3n) is 3.44. The minimum absolute atomic E-state index is 0.0138. The molecule has 1 amide bonds. The molecule has 2 N–H and O–H groups in total. The van der Waals surface area contributed by atoms with Gasteiger partial charge in [0.1, 0.15) is 11.2 Å². The highest BCUT2D eigenvalue weighted by Gasteiger charge is 2.38. The summed E-state index contributed by atoms with van der Waals surface area (Å²) in [6, 6.07) is -0.998. The molecular formula is C13H16ClN3O4. The van der Waals surface area contributed by atoms with E-state index in [0.717, 1.165) is 4.90 Å². The molecule has 1 aliphatic heterocycles. The minimum atomic E-state index is -1.12. The molecule has 0 spiro atoms. The summed E-state index contributed by atoms with van der Waals surface area (Å²) < 4.78 is 1.49. The number of β-amino-alcohol motifs (C(OH)–C–C–N with tert-alkyl or cyclic N) is 1. The molecule has 7 nitrogen and oxygen atoms in total. The van der Waals surface area contributed by atoms with Gasteiger partial charge >= 0.3 is 5.97 Å². The van der Waals surface area contributed by atoms with Gasteiger partial charge in [0.25, 0.3) is 0 Å². The number of rotatable bonds is 3. The predicted octanol–water partition coefficient (Wildman–Crippen LogP) is 0.442. The molecule has 0 radical (unpaired) electrons. The maximum atomic E-state index is 12.1. The average molecular weight is 314 g/mol. The lowest BCUT2D eigenvalue weighted by atomic mass is 10.2. The highest BCUT2D eigenvalue weighted by atomic mass is 35.5. The lowest BCUT2D eigenvalue weighted by Gasteiger charge is -2.19. The van der Waals surface area contributed by atoms with Crippen LogP contribution < -0.4 is 0 Å². The number of carbonyl (C=O) groups is 2. The number of carboxylic acid groups (broad SMARTS) is 1. The lowest BCUT2D eigenvalue weighted by molar-refractivity contribution is -0.146. The van der Waals surface area contributed by atoms with Gasteiger partial charge in [-0.15, -0.1) is 0 Å². The van der Waals surface area contributed by atoms with Crippen molar-refractivity contribution in [2.45, 2.75) is 25.5 Å². The molecule has 0 unspecified atom stereocenters. The number of carbonyl (C=O) groups excluding carboxylic acids is 1. The Morgan fingerprint density at radius 2 is 2.14 bits per heavy atom. The molecular weight excluding hydrogens is 298 g/mol. The number of aliphatic carboxylic acids is 1. The molecule has 2 atom stereocenters. The van der Waals surface area contributed by atoms with Crippen LogP contribution in [0.25, 0.3) is 6.08 Å². The van der Waals surface area contributed by atoms with E-state index in [4.69, 9.17) is 16.7 Å². The second kappa shape index (κ2) is 5.87. The van der Waals surface area contributed by atoms with Crippen LogP contribution in [-0.2, 0) is 16.6 Å². The van der Waals surface area contributed by atoms with E-state index in [9.17, 15) is 14.7 Å². The van der Waals surface area contributed by atoms with Crippen LogP contribution in [0.2, 0.25) is 5.15 Å². The largest absolute Gasteiger partial charge is 0.480 e. The molecule has 0 bridgehead atoms. The van der Waals surface area contributed by atoms with Crippen molar-refractivity contribution < 1.29 is 19.8 Å². The molecule has 1 aromatic heterocycles. The summed E-state index contributed by atoms with van der Waals surface area (Å²) in [5, 5.41) is 23.1. The van der Waals surface area contributed by atoms with Crippen molar-refractivity contribution in [3.63, 3.8) is 0 Å². The molecule has 0 aromatic carbocycles. The second-order valence-corrected chi connectivity index (χ2v) is 5.34. The van der Waals surface area contributed by atoms with Gasteiger partial charge in [-0.05, 0) is 13.0 Å². The highest BCUT2D eigenvalue weighted by Crippen LogP contribution is 2.22. The van der Waals surface area contributed by atoms with Crippen LogP contribution in [0.4, 0.5) is 0 Å². The molecule has 1 saturated heterocycles. The third-order valence-corrected chi connectivity index (χ3v) is 3.88. The van der Waals surface area contributed by atoms with Gasteiger partial charge in [0, 0.05) is 31.7 Å². The number of carboxylic acids is 1. The third kappa shape index (κ3) is 3.08. The summed E-state index contributed by atoms with van der Waals surface area (Å²) in [6.45, 7) is 1.77. The highest BCUT2D eigenvalue weighted by molar-refractivity contribution is 6.31. The first-order chi connectivity index (χ1) is 9.81. The Hall–Kier alpha value is -1.86. The van der Waals surface area contributed by atoms with Crippen molar-refractivity contribution in [3.8, 4) is 0 Å². The number of likely N-dealkylation sites (tertiary alicyclic amines) is 1. The average Bonchev–Trinajstić information content (AvgIpc) is 2.90. The quantitative estimate of drug-likeness (QED) is 0.790. The Kier molecular flexibility index (Phi) is 4.34. The molecule has 114 valence electrons. The van der Waals surface area contributed by atoms with Crippen LogP contribution in [0.15, 0.2) is 6.08 Å². The Morgan fingerprint density at radius 1 is 1.48 bits per heavy atom. The van der Waals surface area contributed by atoms with Gasteiger partial charge in [0.2, 0.25) is 5.91 Å². The van der Waals surface area contributed by atoms with Crippen molar-refractivity contribution in [1.82, 2.24) is 14.7 Å². The van der Waals surface area contributed by atoms with E-state index >= 15 is 0 Å². The van der Waals surface area contributed by atoms with Crippen LogP contribution >= 0.6 is 11.6 Å². The second-order valence-electron chi connectivity index (χ2n) is 4.98. The first-order valence-electron chi connectivity index (χ1n) is 6.40. The van der Waals surface area contributed by atoms with Gasteiger partial charge in [0.15, 0.2) is 0 Å². The molecule has 1 aromatic rings. The number of aliphatic hydroxyl groups is 1. The van der Waals surface area contributed by atoms with Crippen molar-refractivity contribution >= 4 is 29.6 Å². The Bertz CT molecular complexity index is 611. The summed E-state index contributed by atoms with van der Waals surface area (Å²) in [5.74, 6) is -1.60. The van der Waals surface area contributed by atoms with Crippen LogP contribution in [0.1, 0.15) is 17.7 Å². The van der Waals surface area contributed by atoms with Gasteiger partial charge in [-0.3, -0.25) is 9.48 Å². The first kappa shape index (κ1) is 15.5. The zero-order valence-corrected chi connectivity index (χ0v) is 12.4. The summed E-state index contributed by atoms with van der Waals surface area (Å²) in [5.41, 5.74) is 1.28. The van der Waals surface area contributed by atoms with Gasteiger partial charge < -0.3 is 15.1 Å². The number of aromatic nitrogens is 2. The van der Waals surface area contributed by atoms with Gasteiger partial charge in [0.05, 0.1) is 11.8 Å². The van der Waals surface area contributed by atoms with Crippen molar-refractivity contribution in [3.05, 3.63) is 22.5 Å². The topological polar surface area (TPSA) is 95.7 Å². The first-order valence-corrected chi connectivity index (χ1v) is 6.77. The smallest absolute Gasteiger partial charge is 0.326 e. The van der Waals surface area contributed by atoms with E-state index in [1.54, 1.807) is 14.0 Å². The monoisotopic (exact) mass is 313 g/mol. The fourth-order valence-electron chi connectivity index (χ4n) is 2.38. The van der Waals surface area contributed by atoms with Gasteiger partial charge in [-0.1, -0.05) is 11.6 Å². The Balaban J connectivity index is 2.17. The summed E-state index contributed by atoms with van der Waals surface area (Å²) >= 11 is 6.05. The molecule has 2 heterocycles. The fourth-order valence-corrected chi connectivity index (χ4v) is 2.62. The molecule has 0 saturated carbocycles. The van der Waals surface area contributed by atoms with E-state index in [2.05, 4.69) is 5.10 Å². The van der Waals surface area contributed by atoms with E-state index in [-0.39, 0.29) is 13.0 Å². The Labute approximate surface area is 126 Å². The molecule has 1 aliphatic rings. The predicted molar refractivity (Wildman–Crippen MR) is 75.7 cm³/mol. The molecule has 0 aliphatic carbocycles. The molecule has 21 heavy (non-hydrogen) atoms. The van der Waals surface area contributed by atoms with Crippen molar-refractivity contribution in [1.29, 1.82) is 0 Å². The molecule has 8 heteroatoms. The number of halogens is 1. The maximum absolute atomic E-state index is 12.1. The minimum Gasteiger partial charge on any atom is -0.480 e. The molecule has 1 fully saturated rings. The fraction of sp³-hybridized carbons (Fsp3) is 0.462.